The minimum absolute atomic E-state index is 0.222. The normalized spacial score (nSPS) is 21.9. The van der Waals surface area contributed by atoms with Gasteiger partial charge in [-0.2, -0.15) is 0 Å². The van der Waals surface area contributed by atoms with Gasteiger partial charge >= 0.3 is 7.12 Å². The molecule has 0 N–H and O–H groups in total. The summed E-state index contributed by atoms with van der Waals surface area (Å²) in [6.45, 7) is 10.3. The second-order valence-corrected chi connectivity index (χ2v) is 7.49. The summed E-state index contributed by atoms with van der Waals surface area (Å²) in [5.41, 5.74) is 1.04. The zero-order valence-corrected chi connectivity index (χ0v) is 15.5. The van der Waals surface area contributed by atoms with Crippen molar-refractivity contribution in [2.24, 2.45) is 0 Å². The Bertz CT molecular complexity index is 703. The van der Waals surface area contributed by atoms with E-state index in [0.29, 0.717) is 11.1 Å². The Balaban J connectivity index is 1.78. The molecule has 0 bridgehead atoms. The smallest absolute Gasteiger partial charge is 0.400 e. The molecule has 25 heavy (non-hydrogen) atoms. The molecule has 6 heteroatoms. The van der Waals surface area contributed by atoms with Crippen LogP contribution in [-0.2, 0) is 9.31 Å². The number of nitrogens with zero attached hydrogens (tertiary/aromatic N) is 1. The molecule has 2 aliphatic heterocycles. The molecule has 2 aliphatic rings. The highest BCUT2D eigenvalue weighted by Crippen LogP contribution is 2.39. The second-order valence-electron chi connectivity index (χ2n) is 7.49. The second kappa shape index (κ2) is 6.11. The number of hydrogen-bond donors (Lipinski definition) is 0. The van der Waals surface area contributed by atoms with Crippen molar-refractivity contribution in [3.63, 3.8) is 0 Å². The highest BCUT2D eigenvalue weighted by molar-refractivity contribution is 6.54. The number of rotatable bonds is 4. The third kappa shape index (κ3) is 2.94. The van der Waals surface area contributed by atoms with Crippen molar-refractivity contribution in [1.29, 1.82) is 0 Å². The molecule has 1 aromatic rings. The quantitative estimate of drug-likeness (QED) is 0.623. The average molecular weight is 341 g/mol. The fourth-order valence-corrected chi connectivity index (χ4v) is 3.02. The van der Waals surface area contributed by atoms with Gasteiger partial charge < -0.3 is 9.31 Å². The number of amides is 2. The highest BCUT2D eigenvalue weighted by Gasteiger charge is 2.52. The van der Waals surface area contributed by atoms with Crippen molar-refractivity contribution in [3.8, 4) is 0 Å². The van der Waals surface area contributed by atoms with Gasteiger partial charge in [-0.05, 0) is 51.7 Å². The summed E-state index contributed by atoms with van der Waals surface area (Å²) >= 11 is 0. The van der Waals surface area contributed by atoms with Gasteiger partial charge in [0.25, 0.3) is 11.8 Å². The van der Waals surface area contributed by atoms with E-state index in [2.05, 4.69) is 0 Å². The van der Waals surface area contributed by atoms with Crippen LogP contribution in [0.3, 0.4) is 0 Å². The number of allylic oxidation sites excluding steroid dienone is 1. The van der Waals surface area contributed by atoms with Crippen molar-refractivity contribution in [2.45, 2.75) is 52.2 Å². The maximum Gasteiger partial charge on any atom is 0.490 e. The fraction of sp³-hybridized carbons (Fsp3) is 0.474. The van der Waals surface area contributed by atoms with Crippen LogP contribution in [0.1, 0.15) is 61.8 Å². The monoisotopic (exact) mass is 341 g/mol. The first-order valence-corrected chi connectivity index (χ1v) is 8.67. The molecule has 1 saturated heterocycles. The molecular weight excluding hydrogens is 317 g/mol. The molecule has 1 aromatic carbocycles. The molecule has 3 rings (SSSR count). The highest BCUT2D eigenvalue weighted by atomic mass is 16.7. The van der Waals surface area contributed by atoms with Crippen LogP contribution in [-0.4, -0.2) is 41.6 Å². The molecule has 0 radical (unpaired) electrons. The first kappa shape index (κ1) is 17.9. The van der Waals surface area contributed by atoms with Crippen molar-refractivity contribution in [1.82, 2.24) is 4.90 Å². The lowest BCUT2D eigenvalue weighted by atomic mass is 9.76. The van der Waals surface area contributed by atoms with Gasteiger partial charge in [0, 0.05) is 6.54 Å². The Labute approximate surface area is 149 Å². The zero-order valence-electron chi connectivity index (χ0n) is 15.5. The predicted molar refractivity (Wildman–Crippen MR) is 96.3 cm³/mol. The molecule has 1 fully saturated rings. The summed E-state index contributed by atoms with van der Waals surface area (Å²) < 4.78 is 12.1. The van der Waals surface area contributed by atoms with Gasteiger partial charge in [0.05, 0.1) is 22.3 Å². The molecule has 0 unspecified atom stereocenters. The number of benzene rings is 1. The largest absolute Gasteiger partial charge is 0.490 e. The van der Waals surface area contributed by atoms with E-state index >= 15 is 0 Å². The van der Waals surface area contributed by atoms with Crippen molar-refractivity contribution >= 4 is 18.9 Å². The summed E-state index contributed by atoms with van der Waals surface area (Å²) in [6, 6.07) is 6.92. The molecule has 0 spiro atoms. The standard InChI is InChI=1S/C19H24BNO4/c1-6-13(20-24-18(2,3)19(4,5)25-20)11-12-21-16(22)14-9-7-8-10-15(14)17(21)23/h7-11H,6,12H2,1-5H3/b13-11+. The predicted octanol–water partition coefficient (Wildman–Crippen LogP) is 3.25. The molecule has 2 heterocycles. The van der Waals surface area contributed by atoms with Crippen LogP contribution >= 0.6 is 0 Å². The van der Waals surface area contributed by atoms with Crippen LogP contribution < -0.4 is 0 Å². The van der Waals surface area contributed by atoms with E-state index in [1.165, 1.54) is 4.90 Å². The third-order valence-corrected chi connectivity index (χ3v) is 5.38. The molecule has 0 atom stereocenters. The lowest BCUT2D eigenvalue weighted by Crippen LogP contribution is -2.41. The van der Waals surface area contributed by atoms with Crippen LogP contribution in [0.2, 0.25) is 0 Å². The topological polar surface area (TPSA) is 55.8 Å². The summed E-state index contributed by atoms with van der Waals surface area (Å²) in [7, 11) is -0.454. The van der Waals surface area contributed by atoms with E-state index in [1.807, 2.05) is 40.7 Å². The first-order valence-electron chi connectivity index (χ1n) is 8.67. The maximum absolute atomic E-state index is 12.4. The van der Waals surface area contributed by atoms with Gasteiger partial charge in [-0.25, -0.2) is 0 Å². The minimum atomic E-state index is -0.454. The Kier molecular flexibility index (Phi) is 4.37. The summed E-state index contributed by atoms with van der Waals surface area (Å²) in [5.74, 6) is -0.498. The summed E-state index contributed by atoms with van der Waals surface area (Å²) in [4.78, 5) is 26.2. The van der Waals surface area contributed by atoms with E-state index in [-0.39, 0.29) is 18.4 Å². The van der Waals surface area contributed by atoms with Crippen LogP contribution in [0.4, 0.5) is 0 Å². The van der Waals surface area contributed by atoms with Gasteiger partial charge in [0.1, 0.15) is 0 Å². The SMILES string of the molecule is CC/C(=C\CN1C(=O)c2ccccc2C1=O)B1OC(C)(C)C(C)(C)O1. The molecule has 0 saturated carbocycles. The Morgan fingerprint density at radius 2 is 1.52 bits per heavy atom. The molecule has 0 aromatic heterocycles. The van der Waals surface area contributed by atoms with Crippen molar-refractivity contribution in [3.05, 3.63) is 46.9 Å². The molecule has 5 nitrogen and oxygen atoms in total. The zero-order chi connectivity index (χ0) is 18.4. The van der Waals surface area contributed by atoms with Crippen molar-refractivity contribution < 1.29 is 18.9 Å². The number of fused-ring (bicyclic) bond motifs is 1. The van der Waals surface area contributed by atoms with E-state index in [0.717, 1.165) is 11.9 Å². The molecular formula is C19H24BNO4. The van der Waals surface area contributed by atoms with Crippen LogP contribution in [0.5, 0.6) is 0 Å². The van der Waals surface area contributed by atoms with E-state index in [9.17, 15) is 9.59 Å². The number of carbonyl (C=O) groups excluding carboxylic acids is 2. The van der Waals surface area contributed by atoms with Crippen LogP contribution in [0.25, 0.3) is 0 Å². The lowest BCUT2D eigenvalue weighted by molar-refractivity contribution is 0.00578. The average Bonchev–Trinajstić information content (AvgIpc) is 2.92. The lowest BCUT2D eigenvalue weighted by Gasteiger charge is -2.32. The minimum Gasteiger partial charge on any atom is -0.400 e. The van der Waals surface area contributed by atoms with Gasteiger partial charge in [0.2, 0.25) is 0 Å². The van der Waals surface area contributed by atoms with E-state index in [1.54, 1.807) is 24.3 Å². The molecule has 2 amide bonds. The van der Waals surface area contributed by atoms with Gasteiger partial charge in [-0.1, -0.05) is 25.1 Å². The Morgan fingerprint density at radius 1 is 1.04 bits per heavy atom. The van der Waals surface area contributed by atoms with Crippen molar-refractivity contribution in [2.75, 3.05) is 6.54 Å². The first-order chi connectivity index (χ1) is 11.7. The fourth-order valence-electron chi connectivity index (χ4n) is 3.02. The maximum atomic E-state index is 12.4. The van der Waals surface area contributed by atoms with Crippen LogP contribution in [0, 0.1) is 0 Å². The van der Waals surface area contributed by atoms with Gasteiger partial charge in [-0.15, -0.1) is 0 Å². The number of carbonyl (C=O) groups is 2. The molecule has 0 aliphatic carbocycles. The third-order valence-electron chi connectivity index (χ3n) is 5.38. The summed E-state index contributed by atoms with van der Waals surface area (Å²) in [5, 5.41) is 0. The Hall–Kier alpha value is -1.92. The van der Waals surface area contributed by atoms with E-state index < -0.39 is 18.3 Å². The summed E-state index contributed by atoms with van der Waals surface area (Å²) in [6.07, 6.45) is 2.60. The van der Waals surface area contributed by atoms with Gasteiger partial charge in [0.15, 0.2) is 0 Å². The number of imide groups is 1. The van der Waals surface area contributed by atoms with Gasteiger partial charge in [-0.3, -0.25) is 14.5 Å². The molecule has 132 valence electrons. The number of hydrogen-bond acceptors (Lipinski definition) is 4. The van der Waals surface area contributed by atoms with E-state index in [4.69, 9.17) is 9.31 Å². The van der Waals surface area contributed by atoms with Crippen LogP contribution in [0.15, 0.2) is 35.8 Å². The Morgan fingerprint density at radius 3 is 1.96 bits per heavy atom.